The highest BCUT2D eigenvalue weighted by Crippen LogP contribution is 2.22. The van der Waals surface area contributed by atoms with Crippen molar-refractivity contribution in [2.75, 3.05) is 29.1 Å². The fraction of sp³-hybridized carbons (Fsp3) is 0.526. The summed E-state index contributed by atoms with van der Waals surface area (Å²) in [6.07, 6.45) is 5.18. The van der Waals surface area contributed by atoms with Gasteiger partial charge in [0.2, 0.25) is 5.91 Å². The fourth-order valence-corrected chi connectivity index (χ4v) is 4.09. The highest BCUT2D eigenvalue weighted by Gasteiger charge is 2.12. The molecule has 7 heteroatoms. The van der Waals surface area contributed by atoms with Crippen LogP contribution >= 0.6 is 11.8 Å². The van der Waals surface area contributed by atoms with Crippen molar-refractivity contribution in [1.82, 2.24) is 14.8 Å². The largest absolute Gasteiger partial charge is 0.372 e. The molecule has 3 rings (SSSR count). The Balaban J connectivity index is 1.52. The van der Waals surface area contributed by atoms with Crippen molar-refractivity contribution in [2.45, 2.75) is 51.2 Å². The number of rotatable bonds is 6. The van der Waals surface area contributed by atoms with Gasteiger partial charge in [-0.05, 0) is 51.0 Å². The molecule has 140 valence electrons. The molecule has 1 aromatic carbocycles. The third-order valence-corrected chi connectivity index (χ3v) is 5.64. The SMILES string of the molecule is CCn1c(C)nnc1SCC(=O)Nc1ccc(N2CCCCCC2)cc1. The molecule has 26 heavy (non-hydrogen) atoms. The quantitative estimate of drug-likeness (QED) is 0.782. The third-order valence-electron chi connectivity index (χ3n) is 4.67. The standard InChI is InChI=1S/C19H27N5OS/c1-3-24-15(2)21-22-19(24)26-14-18(25)20-16-8-10-17(11-9-16)23-12-6-4-5-7-13-23/h8-11H,3-7,12-14H2,1-2H3,(H,20,25). The van der Waals surface area contributed by atoms with E-state index in [1.165, 1.54) is 43.1 Å². The monoisotopic (exact) mass is 373 g/mol. The van der Waals surface area contributed by atoms with Gasteiger partial charge in [0.25, 0.3) is 0 Å². The summed E-state index contributed by atoms with van der Waals surface area (Å²) in [5.74, 6) is 1.17. The lowest BCUT2D eigenvalue weighted by Crippen LogP contribution is -2.23. The van der Waals surface area contributed by atoms with Crippen molar-refractivity contribution in [3.05, 3.63) is 30.1 Å². The molecule has 1 aliphatic rings. The van der Waals surface area contributed by atoms with E-state index < -0.39 is 0 Å². The van der Waals surface area contributed by atoms with Gasteiger partial charge in [0.15, 0.2) is 5.16 Å². The third kappa shape index (κ3) is 4.78. The van der Waals surface area contributed by atoms with Gasteiger partial charge in [-0.25, -0.2) is 0 Å². The van der Waals surface area contributed by atoms with Crippen molar-refractivity contribution in [2.24, 2.45) is 0 Å². The molecule has 0 bridgehead atoms. The number of carbonyl (C=O) groups excluding carboxylic acids is 1. The first-order valence-electron chi connectivity index (χ1n) is 9.35. The number of anilines is 2. The van der Waals surface area contributed by atoms with Gasteiger partial charge in [0.1, 0.15) is 5.82 Å². The smallest absolute Gasteiger partial charge is 0.234 e. The van der Waals surface area contributed by atoms with Gasteiger partial charge in [0, 0.05) is 31.0 Å². The second-order valence-electron chi connectivity index (χ2n) is 6.56. The van der Waals surface area contributed by atoms with Crippen LogP contribution in [-0.4, -0.2) is 39.5 Å². The van der Waals surface area contributed by atoms with Gasteiger partial charge >= 0.3 is 0 Å². The lowest BCUT2D eigenvalue weighted by atomic mass is 10.2. The van der Waals surface area contributed by atoms with Crippen molar-refractivity contribution in [3.8, 4) is 0 Å². The van der Waals surface area contributed by atoms with Crippen LogP contribution < -0.4 is 10.2 Å². The summed E-state index contributed by atoms with van der Waals surface area (Å²) in [4.78, 5) is 14.7. The van der Waals surface area contributed by atoms with Crippen molar-refractivity contribution >= 4 is 29.0 Å². The van der Waals surface area contributed by atoms with E-state index >= 15 is 0 Å². The number of nitrogens with zero attached hydrogens (tertiary/aromatic N) is 4. The highest BCUT2D eigenvalue weighted by atomic mass is 32.2. The lowest BCUT2D eigenvalue weighted by molar-refractivity contribution is -0.113. The molecule has 0 saturated carbocycles. The van der Waals surface area contributed by atoms with Crippen LogP contribution in [0.15, 0.2) is 29.4 Å². The predicted molar refractivity (Wildman–Crippen MR) is 107 cm³/mol. The Morgan fingerprint density at radius 2 is 1.81 bits per heavy atom. The Bertz CT molecular complexity index is 720. The minimum absolute atomic E-state index is 0.0270. The maximum atomic E-state index is 12.2. The van der Waals surface area contributed by atoms with E-state index in [0.717, 1.165) is 36.3 Å². The van der Waals surface area contributed by atoms with E-state index in [-0.39, 0.29) is 5.91 Å². The van der Waals surface area contributed by atoms with Crippen LogP contribution in [0.25, 0.3) is 0 Å². The fourth-order valence-electron chi connectivity index (χ4n) is 3.24. The van der Waals surface area contributed by atoms with E-state index in [9.17, 15) is 4.79 Å². The number of nitrogens with one attached hydrogen (secondary N) is 1. The van der Waals surface area contributed by atoms with Crippen LogP contribution in [0.4, 0.5) is 11.4 Å². The van der Waals surface area contributed by atoms with Gasteiger partial charge < -0.3 is 14.8 Å². The van der Waals surface area contributed by atoms with Gasteiger partial charge in [-0.2, -0.15) is 0 Å². The Morgan fingerprint density at radius 1 is 1.12 bits per heavy atom. The predicted octanol–water partition coefficient (Wildman–Crippen LogP) is 3.72. The first-order valence-corrected chi connectivity index (χ1v) is 10.3. The molecule has 6 nitrogen and oxygen atoms in total. The molecular formula is C19H27N5OS. The molecule has 0 unspecified atom stereocenters. The topological polar surface area (TPSA) is 63.1 Å². The van der Waals surface area contributed by atoms with Gasteiger partial charge in [0.05, 0.1) is 5.75 Å². The van der Waals surface area contributed by atoms with E-state index in [4.69, 9.17) is 0 Å². The van der Waals surface area contributed by atoms with Crippen LogP contribution in [0.1, 0.15) is 38.4 Å². The zero-order valence-electron chi connectivity index (χ0n) is 15.6. The summed E-state index contributed by atoms with van der Waals surface area (Å²) in [6.45, 7) is 7.03. The normalized spacial score (nSPS) is 14.9. The zero-order chi connectivity index (χ0) is 18.4. The van der Waals surface area contributed by atoms with Gasteiger partial charge in [-0.15, -0.1) is 10.2 Å². The maximum absolute atomic E-state index is 12.2. The number of amides is 1. The molecule has 2 heterocycles. The molecule has 1 aliphatic heterocycles. The highest BCUT2D eigenvalue weighted by molar-refractivity contribution is 7.99. The molecule has 0 aliphatic carbocycles. The number of thioether (sulfide) groups is 1. The van der Waals surface area contributed by atoms with Crippen LogP contribution in [0.2, 0.25) is 0 Å². The number of hydrogen-bond acceptors (Lipinski definition) is 5. The average Bonchev–Trinajstić information content (AvgIpc) is 2.84. The van der Waals surface area contributed by atoms with Crippen molar-refractivity contribution < 1.29 is 4.79 Å². The van der Waals surface area contributed by atoms with E-state index in [1.807, 2.05) is 30.5 Å². The number of aromatic nitrogens is 3. The summed E-state index contributed by atoms with van der Waals surface area (Å²) >= 11 is 1.42. The van der Waals surface area contributed by atoms with Gasteiger partial charge in [-0.1, -0.05) is 24.6 Å². The van der Waals surface area contributed by atoms with Crippen LogP contribution in [-0.2, 0) is 11.3 Å². The summed E-state index contributed by atoms with van der Waals surface area (Å²) in [7, 11) is 0. The molecule has 2 aromatic rings. The number of carbonyl (C=O) groups is 1. The summed E-state index contributed by atoms with van der Waals surface area (Å²) in [5.41, 5.74) is 2.08. The van der Waals surface area contributed by atoms with Gasteiger partial charge in [-0.3, -0.25) is 4.79 Å². The second kappa shape index (κ2) is 9.07. The van der Waals surface area contributed by atoms with E-state index in [2.05, 4.69) is 32.5 Å². The maximum Gasteiger partial charge on any atom is 0.234 e. The van der Waals surface area contributed by atoms with Crippen molar-refractivity contribution in [3.63, 3.8) is 0 Å². The van der Waals surface area contributed by atoms with Crippen LogP contribution in [0.5, 0.6) is 0 Å². The Hall–Kier alpha value is -2.02. The van der Waals surface area contributed by atoms with Crippen molar-refractivity contribution in [1.29, 1.82) is 0 Å². The minimum Gasteiger partial charge on any atom is -0.372 e. The lowest BCUT2D eigenvalue weighted by Gasteiger charge is -2.22. The minimum atomic E-state index is -0.0270. The van der Waals surface area contributed by atoms with E-state index in [0.29, 0.717) is 5.75 Å². The molecule has 1 fully saturated rings. The summed E-state index contributed by atoms with van der Waals surface area (Å²) in [6, 6.07) is 8.18. The Morgan fingerprint density at radius 3 is 2.46 bits per heavy atom. The molecule has 0 radical (unpaired) electrons. The molecule has 0 spiro atoms. The van der Waals surface area contributed by atoms with E-state index in [1.54, 1.807) is 0 Å². The zero-order valence-corrected chi connectivity index (χ0v) is 16.4. The summed E-state index contributed by atoms with van der Waals surface area (Å²) < 4.78 is 2.01. The molecule has 1 aromatic heterocycles. The average molecular weight is 374 g/mol. The van der Waals surface area contributed by atoms with Crippen LogP contribution in [0, 0.1) is 6.92 Å². The number of aryl methyl sites for hydroxylation is 1. The Labute approximate surface area is 159 Å². The number of benzene rings is 1. The summed E-state index contributed by atoms with van der Waals surface area (Å²) in [5, 5.41) is 11.9. The second-order valence-corrected chi connectivity index (χ2v) is 7.50. The first-order chi connectivity index (χ1) is 12.7. The first kappa shape index (κ1) is 18.8. The molecular weight excluding hydrogens is 346 g/mol. The Kier molecular flexibility index (Phi) is 6.55. The number of hydrogen-bond donors (Lipinski definition) is 1. The van der Waals surface area contributed by atoms with Crippen LogP contribution in [0.3, 0.4) is 0 Å². The molecule has 1 amide bonds. The molecule has 0 atom stereocenters. The molecule has 1 N–H and O–H groups in total. The molecule has 1 saturated heterocycles.